The third-order valence-corrected chi connectivity index (χ3v) is 5.31. The van der Waals surface area contributed by atoms with E-state index in [0.717, 1.165) is 25.6 Å². The average Bonchev–Trinajstić information content (AvgIpc) is 2.58. The highest BCUT2D eigenvalue weighted by atomic mass is 79.9. The molecule has 0 saturated heterocycles. The summed E-state index contributed by atoms with van der Waals surface area (Å²) < 4.78 is 2.04. The van der Waals surface area contributed by atoms with E-state index in [4.69, 9.17) is 4.84 Å². The first-order chi connectivity index (χ1) is 11.7. The summed E-state index contributed by atoms with van der Waals surface area (Å²) >= 11 is 6.74. The van der Waals surface area contributed by atoms with Gasteiger partial charge < -0.3 is 0 Å². The van der Waals surface area contributed by atoms with E-state index in [1.54, 1.807) is 20.0 Å². The van der Waals surface area contributed by atoms with Crippen molar-refractivity contribution in [2.75, 3.05) is 14.2 Å². The molecule has 0 fully saturated rings. The van der Waals surface area contributed by atoms with Gasteiger partial charge in [0.25, 0.3) is 5.91 Å². The Kier molecular flexibility index (Phi) is 8.48. The SMILES string of the molecule is CC(=O)c1ccc(Br)c(C)c1.CON(C)C(=O)c1ccc(Br)c(C)c1. The molecule has 0 radical (unpaired) electrons. The molecule has 0 saturated carbocycles. The smallest absolute Gasteiger partial charge is 0.277 e. The molecule has 0 heterocycles. The Bertz CT molecular complexity index is 775. The number of hydrogen-bond donors (Lipinski definition) is 0. The first-order valence-electron chi connectivity index (χ1n) is 7.52. The molecule has 0 N–H and O–H groups in total. The fraction of sp³-hybridized carbons (Fsp3) is 0.263. The van der Waals surface area contributed by atoms with E-state index < -0.39 is 0 Å². The highest BCUT2D eigenvalue weighted by molar-refractivity contribution is 9.10. The molecule has 0 unspecified atom stereocenters. The molecule has 2 rings (SSSR count). The van der Waals surface area contributed by atoms with Crippen molar-refractivity contribution in [1.29, 1.82) is 0 Å². The lowest BCUT2D eigenvalue weighted by Crippen LogP contribution is -2.25. The summed E-state index contributed by atoms with van der Waals surface area (Å²) in [6.07, 6.45) is 0. The number of carbonyl (C=O) groups is 2. The van der Waals surface area contributed by atoms with Crippen LogP contribution < -0.4 is 0 Å². The Labute approximate surface area is 165 Å². The van der Waals surface area contributed by atoms with Crippen LogP contribution in [0.15, 0.2) is 45.3 Å². The molecule has 0 aromatic heterocycles. The topological polar surface area (TPSA) is 46.6 Å². The van der Waals surface area contributed by atoms with Gasteiger partial charge in [-0.3, -0.25) is 14.4 Å². The second-order valence-corrected chi connectivity index (χ2v) is 7.18. The molecule has 0 bridgehead atoms. The standard InChI is InChI=1S/C10H12BrNO2.C9H9BrO/c1-7-6-8(4-5-9(7)11)10(13)12(2)14-3;1-6-5-8(7(2)11)3-4-9(6)10/h4-6H,1-3H3;3-5H,1-2H3. The maximum absolute atomic E-state index is 11.6. The van der Waals surface area contributed by atoms with Gasteiger partial charge in [0.2, 0.25) is 0 Å². The minimum atomic E-state index is -0.150. The third-order valence-electron chi connectivity index (χ3n) is 3.53. The van der Waals surface area contributed by atoms with E-state index in [2.05, 4.69) is 31.9 Å². The number of nitrogens with zero attached hydrogens (tertiary/aromatic N) is 1. The van der Waals surface area contributed by atoms with Crippen molar-refractivity contribution in [3.05, 3.63) is 67.6 Å². The normalized spacial score (nSPS) is 9.88. The lowest BCUT2D eigenvalue weighted by molar-refractivity contribution is -0.0757. The fourth-order valence-electron chi connectivity index (χ4n) is 1.91. The quantitative estimate of drug-likeness (QED) is 0.448. The zero-order valence-electron chi connectivity index (χ0n) is 14.9. The Balaban J connectivity index is 0.000000257. The van der Waals surface area contributed by atoms with Crippen molar-refractivity contribution in [3.63, 3.8) is 0 Å². The number of Topliss-reactive ketones (excluding diaryl/α,β-unsaturated/α-hetero) is 1. The predicted molar refractivity (Wildman–Crippen MR) is 107 cm³/mol. The van der Waals surface area contributed by atoms with Gasteiger partial charge in [0.15, 0.2) is 5.78 Å². The summed E-state index contributed by atoms with van der Waals surface area (Å²) in [6, 6.07) is 11.0. The zero-order valence-corrected chi connectivity index (χ0v) is 18.1. The van der Waals surface area contributed by atoms with Crippen LogP contribution in [0, 0.1) is 13.8 Å². The van der Waals surface area contributed by atoms with Crippen molar-refractivity contribution in [2.24, 2.45) is 0 Å². The third kappa shape index (κ3) is 6.38. The zero-order chi connectivity index (χ0) is 19.1. The second kappa shape index (κ2) is 9.85. The maximum Gasteiger partial charge on any atom is 0.277 e. The molecule has 6 heteroatoms. The number of hydrogen-bond acceptors (Lipinski definition) is 3. The van der Waals surface area contributed by atoms with E-state index in [9.17, 15) is 9.59 Å². The Hall–Kier alpha value is -1.50. The van der Waals surface area contributed by atoms with Gasteiger partial charge in [0.1, 0.15) is 0 Å². The Morgan fingerprint density at radius 1 is 0.920 bits per heavy atom. The number of rotatable bonds is 3. The molecular weight excluding hydrogens is 450 g/mol. The van der Waals surface area contributed by atoms with Crippen molar-refractivity contribution in [1.82, 2.24) is 5.06 Å². The number of amides is 1. The van der Waals surface area contributed by atoms with E-state index in [1.807, 2.05) is 44.2 Å². The molecule has 1 amide bonds. The molecule has 0 atom stereocenters. The minimum absolute atomic E-state index is 0.112. The molecule has 0 spiro atoms. The molecule has 2 aromatic carbocycles. The van der Waals surface area contributed by atoms with Gasteiger partial charge in [0.05, 0.1) is 7.11 Å². The summed E-state index contributed by atoms with van der Waals surface area (Å²) in [5.74, 6) is -0.0382. The number of aryl methyl sites for hydroxylation is 2. The van der Waals surface area contributed by atoms with E-state index in [1.165, 1.54) is 12.2 Å². The second-order valence-electron chi connectivity index (χ2n) is 5.47. The number of ketones is 1. The van der Waals surface area contributed by atoms with Crippen LogP contribution in [-0.2, 0) is 4.84 Å². The van der Waals surface area contributed by atoms with Crippen molar-refractivity contribution in [2.45, 2.75) is 20.8 Å². The van der Waals surface area contributed by atoms with Crippen LogP contribution in [0.1, 0.15) is 38.8 Å². The summed E-state index contributed by atoms with van der Waals surface area (Å²) in [4.78, 5) is 27.3. The lowest BCUT2D eigenvalue weighted by Gasteiger charge is -2.13. The lowest BCUT2D eigenvalue weighted by atomic mass is 10.1. The van der Waals surface area contributed by atoms with Crippen LogP contribution in [0.25, 0.3) is 0 Å². The summed E-state index contributed by atoms with van der Waals surface area (Å²) in [5.41, 5.74) is 3.51. The van der Waals surface area contributed by atoms with E-state index in [0.29, 0.717) is 5.56 Å². The van der Waals surface area contributed by atoms with Gasteiger partial charge in [-0.15, -0.1) is 0 Å². The fourth-order valence-corrected chi connectivity index (χ4v) is 2.40. The molecule has 0 aliphatic carbocycles. The molecule has 134 valence electrons. The van der Waals surface area contributed by atoms with Crippen molar-refractivity contribution >= 4 is 43.6 Å². The van der Waals surface area contributed by atoms with Crippen molar-refractivity contribution < 1.29 is 14.4 Å². The number of halogens is 2. The van der Waals surface area contributed by atoms with Gasteiger partial charge >= 0.3 is 0 Å². The molecule has 2 aromatic rings. The van der Waals surface area contributed by atoms with E-state index >= 15 is 0 Å². The number of hydroxylamine groups is 2. The molecule has 0 aliphatic rings. The molecule has 0 aliphatic heterocycles. The van der Waals surface area contributed by atoms with Crippen LogP contribution in [-0.4, -0.2) is 30.9 Å². The summed E-state index contributed by atoms with van der Waals surface area (Å²) in [7, 11) is 3.04. The summed E-state index contributed by atoms with van der Waals surface area (Å²) in [5, 5.41) is 1.20. The van der Waals surface area contributed by atoms with Crippen LogP contribution in [0.5, 0.6) is 0 Å². The Morgan fingerprint density at radius 2 is 1.36 bits per heavy atom. The van der Waals surface area contributed by atoms with Gasteiger partial charge in [-0.2, -0.15) is 0 Å². The first kappa shape index (κ1) is 21.5. The Morgan fingerprint density at radius 3 is 1.76 bits per heavy atom. The van der Waals surface area contributed by atoms with Crippen LogP contribution in [0.3, 0.4) is 0 Å². The van der Waals surface area contributed by atoms with Crippen LogP contribution in [0.4, 0.5) is 0 Å². The highest BCUT2D eigenvalue weighted by Gasteiger charge is 2.11. The minimum Gasteiger partial charge on any atom is -0.295 e. The van der Waals surface area contributed by atoms with Crippen LogP contribution >= 0.6 is 31.9 Å². The van der Waals surface area contributed by atoms with Gasteiger partial charge in [-0.25, -0.2) is 5.06 Å². The average molecular weight is 471 g/mol. The number of benzene rings is 2. The summed E-state index contributed by atoms with van der Waals surface area (Å²) in [6.45, 7) is 5.48. The molecule has 4 nitrogen and oxygen atoms in total. The van der Waals surface area contributed by atoms with Crippen molar-refractivity contribution in [3.8, 4) is 0 Å². The predicted octanol–water partition coefficient (Wildman–Crippen LogP) is 5.35. The van der Waals surface area contributed by atoms with Gasteiger partial charge in [-0.05, 0) is 62.2 Å². The van der Waals surface area contributed by atoms with Gasteiger partial charge in [0, 0.05) is 27.1 Å². The molecular formula is C19H21Br2NO3. The van der Waals surface area contributed by atoms with Crippen LogP contribution in [0.2, 0.25) is 0 Å². The van der Waals surface area contributed by atoms with Gasteiger partial charge in [-0.1, -0.05) is 37.9 Å². The maximum atomic E-state index is 11.6. The first-order valence-corrected chi connectivity index (χ1v) is 9.11. The number of carbonyl (C=O) groups excluding carboxylic acids is 2. The molecule has 25 heavy (non-hydrogen) atoms. The largest absolute Gasteiger partial charge is 0.295 e. The highest BCUT2D eigenvalue weighted by Crippen LogP contribution is 2.18. The monoisotopic (exact) mass is 469 g/mol. The van der Waals surface area contributed by atoms with E-state index in [-0.39, 0.29) is 11.7 Å².